The van der Waals surface area contributed by atoms with E-state index in [4.69, 9.17) is 0 Å². The lowest BCUT2D eigenvalue weighted by molar-refractivity contribution is 1.21. The number of hydrogen-bond donors (Lipinski definition) is 1. The topological polar surface area (TPSA) is 20.7 Å². The molecule has 0 saturated heterocycles. The molecular weight excluding hydrogens is 403 g/mol. The minimum Gasteiger partial charge on any atom is -0.355 e. The van der Waals surface area contributed by atoms with Gasteiger partial charge in [-0.1, -0.05) is 57.0 Å². The van der Waals surface area contributed by atoms with Crippen molar-refractivity contribution in [3.05, 3.63) is 42.5 Å². The van der Waals surface area contributed by atoms with Gasteiger partial charge in [-0.25, -0.2) is 0 Å². The highest BCUT2D eigenvalue weighted by atomic mass is 15.0. The lowest BCUT2D eigenvalue weighted by Crippen LogP contribution is -2.48. The smallest absolute Gasteiger partial charge is 0.141 e. The fraction of sp³-hybridized carbons (Fsp3) is 0. The van der Waals surface area contributed by atoms with Gasteiger partial charge in [0.1, 0.15) is 62.8 Å². The molecule has 6 aromatic rings. The van der Waals surface area contributed by atoms with Crippen LogP contribution in [0.3, 0.4) is 0 Å². The van der Waals surface area contributed by atoms with Gasteiger partial charge in [-0.05, 0) is 18.2 Å². The second-order valence-electron chi connectivity index (χ2n) is 10.2. The van der Waals surface area contributed by atoms with Crippen molar-refractivity contribution in [2.75, 3.05) is 0 Å². The summed E-state index contributed by atoms with van der Waals surface area (Å²) in [5.41, 5.74) is 17.4. The summed E-state index contributed by atoms with van der Waals surface area (Å²) in [6.45, 7) is 0. The van der Waals surface area contributed by atoms with Gasteiger partial charge in [-0.3, -0.25) is 0 Å². The Morgan fingerprint density at radius 1 is 0.529 bits per heavy atom. The lowest BCUT2D eigenvalue weighted by atomic mass is 9.65. The highest BCUT2D eigenvalue weighted by molar-refractivity contribution is 6.68. The van der Waals surface area contributed by atoms with Gasteiger partial charge < -0.3 is 9.55 Å². The fourth-order valence-electron chi connectivity index (χ4n) is 6.16. The molecule has 0 unspecified atom stereocenters. The van der Waals surface area contributed by atoms with E-state index in [1.54, 1.807) is 0 Å². The first-order valence-electron chi connectivity index (χ1n) is 12.2. The molecule has 10 heteroatoms. The van der Waals surface area contributed by atoms with Gasteiger partial charge in [0, 0.05) is 38.1 Å². The van der Waals surface area contributed by atoms with Gasteiger partial charge in [0.05, 0.1) is 11.2 Å². The van der Waals surface area contributed by atoms with Crippen molar-refractivity contribution in [3.8, 4) is 5.69 Å². The van der Waals surface area contributed by atoms with E-state index in [9.17, 15) is 0 Å². The molecule has 0 spiro atoms. The molecule has 4 aromatic carbocycles. The number of para-hydroxylation sites is 1. The molecule has 2 nitrogen and oxygen atoms in total. The second kappa shape index (κ2) is 7.25. The van der Waals surface area contributed by atoms with Crippen molar-refractivity contribution < 1.29 is 0 Å². The summed E-state index contributed by atoms with van der Waals surface area (Å²) in [6.07, 6.45) is 0. The van der Waals surface area contributed by atoms with Gasteiger partial charge in [-0.2, -0.15) is 0 Å². The first-order valence-corrected chi connectivity index (χ1v) is 12.2. The van der Waals surface area contributed by atoms with E-state index in [1.165, 1.54) is 93.0 Å². The molecule has 2 heterocycles. The van der Waals surface area contributed by atoms with Crippen LogP contribution in [0.2, 0.25) is 0 Å². The summed E-state index contributed by atoms with van der Waals surface area (Å²) in [6, 6.07) is 15.6. The van der Waals surface area contributed by atoms with Gasteiger partial charge in [0.25, 0.3) is 0 Å². The molecule has 0 atom stereocenters. The molecule has 0 fully saturated rings. The largest absolute Gasteiger partial charge is 0.355 e. The van der Waals surface area contributed by atoms with Crippen LogP contribution in [0.25, 0.3) is 49.3 Å². The van der Waals surface area contributed by atoms with E-state index in [1.807, 2.05) is 0 Å². The minimum atomic E-state index is 1.20. The second-order valence-corrected chi connectivity index (χ2v) is 10.2. The maximum atomic E-state index is 3.79. The van der Waals surface area contributed by atoms with Crippen LogP contribution in [0, 0.1) is 0 Å². The van der Waals surface area contributed by atoms with Crippen molar-refractivity contribution in [2.45, 2.75) is 0 Å². The number of benzene rings is 4. The number of aromatic nitrogens is 2. The third-order valence-electron chi connectivity index (χ3n) is 8.77. The zero-order chi connectivity index (χ0) is 24.0. The lowest BCUT2D eigenvalue weighted by Gasteiger charge is -2.17. The van der Waals surface area contributed by atoms with Crippen molar-refractivity contribution >= 4 is 150 Å². The third kappa shape index (κ3) is 2.57. The van der Waals surface area contributed by atoms with Crippen LogP contribution >= 0.6 is 0 Å². The molecule has 0 aliphatic carbocycles. The maximum Gasteiger partial charge on any atom is 0.141 e. The van der Waals surface area contributed by atoms with E-state index < -0.39 is 0 Å². The van der Waals surface area contributed by atoms with Crippen LogP contribution in [0.4, 0.5) is 0 Å². The first-order chi connectivity index (χ1) is 16.2. The molecule has 34 heavy (non-hydrogen) atoms. The van der Waals surface area contributed by atoms with Crippen LogP contribution in [-0.2, 0) is 0 Å². The molecule has 2 aromatic heterocycles. The average molecular weight is 427 g/mol. The van der Waals surface area contributed by atoms with Crippen molar-refractivity contribution in [2.24, 2.45) is 0 Å². The summed E-state index contributed by atoms with van der Waals surface area (Å²) in [5.74, 6) is 0. The molecule has 0 bridgehead atoms. The Morgan fingerprint density at radius 3 is 1.88 bits per heavy atom. The predicted octanol–water partition coefficient (Wildman–Crippen LogP) is -7.51. The number of hydrogen-bond acceptors (Lipinski definition) is 0. The molecule has 0 saturated carbocycles. The van der Waals surface area contributed by atoms with E-state index in [0.29, 0.717) is 0 Å². The first kappa shape index (κ1) is 21.5. The number of rotatable bonds is 1. The van der Waals surface area contributed by atoms with Crippen molar-refractivity contribution in [3.63, 3.8) is 0 Å². The Kier molecular flexibility index (Phi) is 4.59. The van der Waals surface area contributed by atoms with Crippen LogP contribution in [0.15, 0.2) is 42.5 Å². The number of nitrogens with one attached hydrogen (secondary N) is 1. The Labute approximate surface area is 207 Å². The highest BCUT2D eigenvalue weighted by Crippen LogP contribution is 2.34. The zero-order valence-corrected chi connectivity index (χ0v) is 21.5. The SMILES string of the molecule is Bc1c(B)c(B)c2c([nH]c3cccc(-n4c5ccccc5c5c(B)c(B)c(B)c(B)c54)c32)c1B. The molecule has 0 amide bonds. The number of nitrogens with zero attached hydrogens (tertiary/aromatic N) is 1. The minimum absolute atomic E-state index is 1.20. The van der Waals surface area contributed by atoms with Crippen LogP contribution in [0.1, 0.15) is 0 Å². The Hall–Kier alpha value is -3.00. The monoisotopic (exact) mass is 428 g/mol. The highest BCUT2D eigenvalue weighted by Gasteiger charge is 2.22. The number of aromatic amines is 1. The van der Waals surface area contributed by atoms with E-state index in [2.05, 4.69) is 115 Å². The third-order valence-corrected chi connectivity index (χ3v) is 8.77. The van der Waals surface area contributed by atoms with E-state index in [0.717, 1.165) is 0 Å². The Bertz CT molecular complexity index is 1850. The summed E-state index contributed by atoms with van der Waals surface area (Å²) in [5, 5.41) is 5.39. The molecule has 0 radical (unpaired) electrons. The zero-order valence-electron chi connectivity index (χ0n) is 21.5. The molecule has 1 N–H and O–H groups in total. The van der Waals surface area contributed by atoms with Crippen LogP contribution in [0.5, 0.6) is 0 Å². The van der Waals surface area contributed by atoms with Crippen LogP contribution in [-0.4, -0.2) is 72.3 Å². The van der Waals surface area contributed by atoms with Gasteiger partial charge in [0.2, 0.25) is 0 Å². The summed E-state index contributed by atoms with van der Waals surface area (Å²) in [7, 11) is 18.1. The molecule has 0 aliphatic heterocycles. The standard InChI is InChI=1S/C24H24B8N2/c25-15-12-8-4-1-2-6-10(8)34(24(12)22(32)20(30)17(15)27)11-7-3-5-9-13(11)14-16(26)18(28)19(29)21(31)23(14)33-9/h1-7,33H,25-32H2. The van der Waals surface area contributed by atoms with E-state index >= 15 is 0 Å². The summed E-state index contributed by atoms with van der Waals surface area (Å²) in [4.78, 5) is 3.79. The fourth-order valence-corrected chi connectivity index (χ4v) is 6.16. The van der Waals surface area contributed by atoms with Crippen molar-refractivity contribution in [1.29, 1.82) is 0 Å². The van der Waals surface area contributed by atoms with Gasteiger partial charge in [0.15, 0.2) is 0 Å². The normalized spacial score (nSPS) is 11.9. The summed E-state index contributed by atoms with van der Waals surface area (Å²) < 4.78 is 2.53. The number of fused-ring (bicyclic) bond motifs is 6. The van der Waals surface area contributed by atoms with Gasteiger partial charge in [-0.15, -0.1) is 10.9 Å². The van der Waals surface area contributed by atoms with Gasteiger partial charge >= 0.3 is 0 Å². The maximum absolute atomic E-state index is 3.79. The van der Waals surface area contributed by atoms with E-state index in [-0.39, 0.29) is 0 Å². The molecule has 6 rings (SSSR count). The van der Waals surface area contributed by atoms with Crippen molar-refractivity contribution in [1.82, 2.24) is 9.55 Å². The molecular formula is C24H24B8N2. The number of H-pyrrole nitrogens is 1. The predicted molar refractivity (Wildman–Crippen MR) is 176 cm³/mol. The molecule has 0 aliphatic rings. The van der Waals surface area contributed by atoms with Crippen LogP contribution < -0.4 is 43.7 Å². The average Bonchev–Trinajstić information content (AvgIpc) is 3.40. The summed E-state index contributed by atoms with van der Waals surface area (Å²) >= 11 is 0. The Balaban J connectivity index is 1.92. The quantitative estimate of drug-likeness (QED) is 0.252. The Morgan fingerprint density at radius 2 is 1.15 bits per heavy atom. The molecule has 154 valence electrons.